The van der Waals surface area contributed by atoms with E-state index in [9.17, 15) is 19.5 Å². The van der Waals surface area contributed by atoms with Crippen LogP contribution in [0.4, 0.5) is 0 Å². The number of aliphatic hydroxyl groups excluding tert-OH is 1. The first-order chi connectivity index (χ1) is 20.7. The van der Waals surface area contributed by atoms with Crippen LogP contribution in [0.25, 0.3) is 0 Å². The highest BCUT2D eigenvalue weighted by Crippen LogP contribution is 2.68. The van der Waals surface area contributed by atoms with Crippen LogP contribution in [0, 0.1) is 17.3 Å². The van der Waals surface area contributed by atoms with E-state index in [-0.39, 0.29) is 39.8 Å². The van der Waals surface area contributed by atoms with E-state index in [2.05, 4.69) is 63.7 Å². The van der Waals surface area contributed by atoms with E-state index in [1.54, 1.807) is 33.7 Å². The maximum Gasteiger partial charge on any atom is 0.247 e. The van der Waals surface area contributed by atoms with Gasteiger partial charge in [-0.2, -0.15) is 0 Å². The molecule has 3 aliphatic rings. The molecule has 3 amide bonds. The molecule has 0 radical (unpaired) electrons. The number of likely N-dealkylation sites (tertiary alicyclic amines) is 1. The molecule has 3 aliphatic heterocycles. The Bertz CT molecular complexity index is 1230. The van der Waals surface area contributed by atoms with Crippen molar-refractivity contribution in [3.8, 4) is 0 Å². The van der Waals surface area contributed by atoms with Crippen LogP contribution >= 0.6 is 27.7 Å². The largest absolute Gasteiger partial charge is 0.396 e. The van der Waals surface area contributed by atoms with Crippen LogP contribution in [0.3, 0.4) is 0 Å². The summed E-state index contributed by atoms with van der Waals surface area (Å²) in [5, 5.41) is 9.42. The Balaban J connectivity index is 1.76. The van der Waals surface area contributed by atoms with E-state index in [0.29, 0.717) is 45.4 Å². The van der Waals surface area contributed by atoms with Gasteiger partial charge in [0.25, 0.3) is 0 Å². The first-order valence-electron chi connectivity index (χ1n) is 15.8. The minimum absolute atomic E-state index is 0.00376. The number of fused-ring (bicyclic) bond motifs is 1. The predicted molar refractivity (Wildman–Crippen MR) is 182 cm³/mol. The molecule has 6 atom stereocenters. The molecule has 2 bridgehead atoms. The molecule has 242 valence electrons. The van der Waals surface area contributed by atoms with Crippen LogP contribution in [-0.2, 0) is 20.9 Å². The number of carbonyl (C=O) groups is 3. The zero-order valence-electron chi connectivity index (χ0n) is 27.0. The highest BCUT2D eigenvalue weighted by Gasteiger charge is 2.76. The van der Waals surface area contributed by atoms with Gasteiger partial charge in [-0.05, 0) is 50.5 Å². The number of rotatable bonds is 14. The molecular formula is C35H50BrN3O4S. The number of benzene rings is 1. The van der Waals surface area contributed by atoms with Crippen molar-refractivity contribution in [1.82, 2.24) is 14.7 Å². The molecule has 3 saturated heterocycles. The monoisotopic (exact) mass is 687 g/mol. The number of hydrogen-bond donors (Lipinski definition) is 1. The second kappa shape index (κ2) is 13.7. The summed E-state index contributed by atoms with van der Waals surface area (Å²) in [4.78, 5) is 49.4. The van der Waals surface area contributed by atoms with E-state index >= 15 is 0 Å². The molecule has 1 spiro atoms. The molecule has 0 aromatic heterocycles. The van der Waals surface area contributed by atoms with Gasteiger partial charge in [0.05, 0.1) is 16.6 Å². The smallest absolute Gasteiger partial charge is 0.247 e. The number of thioether (sulfide) groups is 1. The van der Waals surface area contributed by atoms with Gasteiger partial charge in [0.15, 0.2) is 0 Å². The van der Waals surface area contributed by atoms with Crippen molar-refractivity contribution in [1.29, 1.82) is 0 Å². The van der Waals surface area contributed by atoms with Crippen LogP contribution < -0.4 is 0 Å². The van der Waals surface area contributed by atoms with Gasteiger partial charge in [-0.15, -0.1) is 24.9 Å². The zero-order chi connectivity index (χ0) is 32.4. The third kappa shape index (κ3) is 6.70. The number of unbranched alkanes of at least 4 members (excludes halogenated alkanes) is 1. The molecule has 3 unspecified atom stereocenters. The minimum atomic E-state index is -0.726. The van der Waals surface area contributed by atoms with Crippen molar-refractivity contribution >= 4 is 45.4 Å². The maximum atomic E-state index is 14.9. The van der Waals surface area contributed by atoms with Crippen LogP contribution in [0.1, 0.15) is 65.9 Å². The summed E-state index contributed by atoms with van der Waals surface area (Å²) in [6, 6.07) is 9.17. The first-order valence-corrected chi connectivity index (χ1v) is 17.6. The third-order valence-electron chi connectivity index (χ3n) is 9.26. The number of nitrogens with zero attached hydrogens (tertiary/aromatic N) is 3. The van der Waals surface area contributed by atoms with Gasteiger partial charge in [0.2, 0.25) is 17.7 Å². The molecule has 3 fully saturated rings. The number of aliphatic hydroxyl groups is 1. The van der Waals surface area contributed by atoms with E-state index in [1.165, 1.54) is 0 Å². The van der Waals surface area contributed by atoms with E-state index < -0.39 is 28.2 Å². The van der Waals surface area contributed by atoms with Crippen molar-refractivity contribution in [3.05, 3.63) is 61.2 Å². The van der Waals surface area contributed by atoms with Crippen molar-refractivity contribution in [2.75, 3.05) is 26.2 Å². The number of carbonyl (C=O) groups excluding carboxylic acids is 3. The summed E-state index contributed by atoms with van der Waals surface area (Å²) >= 11 is 5.57. The van der Waals surface area contributed by atoms with Crippen molar-refractivity contribution < 1.29 is 19.5 Å². The summed E-state index contributed by atoms with van der Waals surface area (Å²) in [5.74, 6) is -1.40. The molecule has 1 N–H and O–H groups in total. The lowest BCUT2D eigenvalue weighted by Gasteiger charge is -2.46. The Kier molecular flexibility index (Phi) is 10.8. The molecule has 9 heteroatoms. The van der Waals surface area contributed by atoms with Gasteiger partial charge in [0.1, 0.15) is 6.04 Å². The maximum absolute atomic E-state index is 14.9. The lowest BCUT2D eigenvalue weighted by Crippen LogP contribution is -2.60. The lowest BCUT2D eigenvalue weighted by molar-refractivity contribution is -0.147. The lowest BCUT2D eigenvalue weighted by atomic mass is 9.70. The fraction of sp³-hybridized carbons (Fsp3) is 0.629. The van der Waals surface area contributed by atoms with Gasteiger partial charge in [0, 0.05) is 48.4 Å². The molecule has 0 saturated carbocycles. The quantitative estimate of drug-likeness (QED) is 0.155. The molecule has 7 nitrogen and oxygen atoms in total. The van der Waals surface area contributed by atoms with E-state index in [0.717, 1.165) is 12.0 Å². The molecular weight excluding hydrogens is 638 g/mol. The van der Waals surface area contributed by atoms with E-state index in [1.807, 2.05) is 35.2 Å². The zero-order valence-corrected chi connectivity index (χ0v) is 29.4. The number of halogens is 1. The second-order valence-electron chi connectivity index (χ2n) is 14.4. The third-order valence-corrected chi connectivity index (χ3v) is 12.5. The minimum Gasteiger partial charge on any atom is -0.396 e. The van der Waals surface area contributed by atoms with Crippen molar-refractivity contribution in [2.45, 2.75) is 93.3 Å². The molecule has 1 aromatic carbocycles. The van der Waals surface area contributed by atoms with Gasteiger partial charge >= 0.3 is 0 Å². The standard InChI is InChI=1S/C35H50BrN3O4S/c1-8-17-37(22-24-15-11-10-12-16-24)30(41)26-27-31(42)38(19-13-14-20-40)29(35(27)21-25(36)28(26)44-35)32(43)39(18-9-2)34(6,7)23-33(3,4)5/h8-12,15-16,25-29,40H,1-2,13-14,17-23H2,3-7H3/t25?,26-,27-,28-,29?,35?/m0/s1. The van der Waals surface area contributed by atoms with Crippen LogP contribution in [0.2, 0.25) is 0 Å². The fourth-order valence-electron chi connectivity index (χ4n) is 8.03. The summed E-state index contributed by atoms with van der Waals surface area (Å²) < 4.78 is -0.726. The Hall–Kier alpha value is -2.10. The van der Waals surface area contributed by atoms with Gasteiger partial charge in [-0.25, -0.2) is 0 Å². The molecule has 4 rings (SSSR count). The normalized spacial score (nSPS) is 27.8. The topological polar surface area (TPSA) is 81.2 Å². The van der Waals surface area contributed by atoms with Crippen LogP contribution in [0.15, 0.2) is 55.6 Å². The fourth-order valence-corrected chi connectivity index (χ4v) is 11.6. The Morgan fingerprint density at radius 3 is 2.34 bits per heavy atom. The number of hydrogen-bond acceptors (Lipinski definition) is 5. The summed E-state index contributed by atoms with van der Waals surface area (Å²) in [6.45, 7) is 20.1. The molecule has 1 aromatic rings. The average Bonchev–Trinajstić information content (AvgIpc) is 3.53. The summed E-state index contributed by atoms with van der Waals surface area (Å²) in [6.07, 6.45) is 6.03. The van der Waals surface area contributed by atoms with Crippen molar-refractivity contribution in [2.24, 2.45) is 17.3 Å². The Morgan fingerprint density at radius 1 is 1.09 bits per heavy atom. The highest BCUT2D eigenvalue weighted by molar-refractivity contribution is 9.09. The van der Waals surface area contributed by atoms with Crippen molar-refractivity contribution in [3.63, 3.8) is 0 Å². The predicted octanol–water partition coefficient (Wildman–Crippen LogP) is 5.67. The summed E-state index contributed by atoms with van der Waals surface area (Å²) in [7, 11) is 0. The van der Waals surface area contributed by atoms with Gasteiger partial charge < -0.3 is 19.8 Å². The van der Waals surface area contributed by atoms with E-state index in [4.69, 9.17) is 0 Å². The Labute approximate surface area is 276 Å². The second-order valence-corrected chi connectivity index (χ2v) is 17.1. The highest BCUT2D eigenvalue weighted by atomic mass is 79.9. The summed E-state index contributed by atoms with van der Waals surface area (Å²) in [5.41, 5.74) is 0.503. The molecule has 44 heavy (non-hydrogen) atoms. The average molecular weight is 689 g/mol. The van der Waals surface area contributed by atoms with Crippen LogP contribution in [0.5, 0.6) is 0 Å². The number of amides is 3. The van der Waals surface area contributed by atoms with Gasteiger partial charge in [-0.3, -0.25) is 14.4 Å². The van der Waals surface area contributed by atoms with Gasteiger partial charge in [-0.1, -0.05) is 79.2 Å². The SMILES string of the molecule is C=CCN(Cc1ccccc1)C(=O)[C@H]1[C@H]2C(=O)N(CCCCO)C(C(=O)N(CC=C)C(C)(C)CC(C)(C)C)C23CC(Br)[C@@H]1S3. The number of alkyl halides is 1. The molecule has 0 aliphatic carbocycles. The molecule has 3 heterocycles. The first kappa shape index (κ1) is 34.8. The Morgan fingerprint density at radius 2 is 1.75 bits per heavy atom. The van der Waals surface area contributed by atoms with Crippen LogP contribution in [-0.4, -0.2) is 90.2 Å².